The zero-order valence-electron chi connectivity index (χ0n) is 20.4. The number of Topliss-reactive ketones (excluding diaryl/α,β-unsaturated/α-hetero) is 1. The molecule has 0 saturated heterocycles. The molecule has 1 heterocycles. The minimum Gasteiger partial charge on any atom is -0.390 e. The summed E-state index contributed by atoms with van der Waals surface area (Å²) in [6, 6.07) is 0. The average molecular weight is 443 g/mol. The molecular formula is C26H42N4O2. The van der Waals surface area contributed by atoms with Gasteiger partial charge in [-0.1, -0.05) is 6.92 Å². The van der Waals surface area contributed by atoms with Crippen LogP contribution in [0.25, 0.3) is 0 Å². The highest BCUT2D eigenvalue weighted by Crippen LogP contribution is 2.66. The molecule has 0 amide bonds. The fraction of sp³-hybridized carbons (Fsp3) is 0.885. The predicted molar refractivity (Wildman–Crippen MR) is 124 cm³/mol. The van der Waals surface area contributed by atoms with Crippen LogP contribution in [0.1, 0.15) is 65.2 Å². The van der Waals surface area contributed by atoms with Crippen molar-refractivity contribution in [2.75, 3.05) is 20.6 Å². The zero-order valence-corrected chi connectivity index (χ0v) is 20.4. The van der Waals surface area contributed by atoms with Gasteiger partial charge in [0, 0.05) is 12.5 Å². The van der Waals surface area contributed by atoms with E-state index in [0.29, 0.717) is 30.1 Å². The van der Waals surface area contributed by atoms with E-state index in [4.69, 9.17) is 0 Å². The molecule has 0 radical (unpaired) electrons. The van der Waals surface area contributed by atoms with Crippen molar-refractivity contribution >= 4 is 5.78 Å². The second kappa shape index (κ2) is 8.19. The number of hydrogen-bond acceptors (Lipinski definition) is 5. The summed E-state index contributed by atoms with van der Waals surface area (Å²) in [7, 11) is 4.36. The van der Waals surface area contributed by atoms with Crippen LogP contribution in [-0.4, -0.2) is 57.0 Å². The van der Waals surface area contributed by atoms with Crippen LogP contribution in [0.4, 0.5) is 0 Å². The summed E-state index contributed by atoms with van der Waals surface area (Å²) in [5.41, 5.74) is -0.366. The molecule has 2 unspecified atom stereocenters. The molecule has 1 aromatic heterocycles. The van der Waals surface area contributed by atoms with Crippen molar-refractivity contribution in [2.24, 2.45) is 46.8 Å². The summed E-state index contributed by atoms with van der Waals surface area (Å²) >= 11 is 0. The van der Waals surface area contributed by atoms with Crippen molar-refractivity contribution in [1.82, 2.24) is 19.9 Å². The third kappa shape index (κ3) is 3.85. The van der Waals surface area contributed by atoms with Crippen LogP contribution in [0, 0.1) is 46.8 Å². The molecule has 32 heavy (non-hydrogen) atoms. The first kappa shape index (κ1) is 22.5. The molecule has 6 heteroatoms. The van der Waals surface area contributed by atoms with E-state index in [0.717, 1.165) is 43.6 Å². The number of hydrogen-bond donors (Lipinski definition) is 1. The maximum atomic E-state index is 13.5. The second-order valence-corrected chi connectivity index (χ2v) is 12.5. The molecule has 178 valence electrons. The monoisotopic (exact) mass is 442 g/mol. The minimum absolute atomic E-state index is 0.0963. The third-order valence-corrected chi connectivity index (χ3v) is 10.1. The molecular weight excluding hydrogens is 400 g/mol. The molecule has 4 saturated carbocycles. The van der Waals surface area contributed by atoms with Crippen molar-refractivity contribution < 1.29 is 9.90 Å². The van der Waals surface area contributed by atoms with Crippen LogP contribution in [0.5, 0.6) is 0 Å². The summed E-state index contributed by atoms with van der Waals surface area (Å²) in [6.45, 7) is 5.88. The molecule has 4 aliphatic carbocycles. The Morgan fingerprint density at radius 3 is 2.50 bits per heavy atom. The highest BCUT2D eigenvalue weighted by atomic mass is 16.3. The predicted octanol–water partition coefficient (Wildman–Crippen LogP) is 3.65. The largest absolute Gasteiger partial charge is 0.390 e. The Balaban J connectivity index is 1.41. The van der Waals surface area contributed by atoms with Gasteiger partial charge in [-0.3, -0.25) is 4.79 Å². The number of nitrogens with zero attached hydrogens (tertiary/aromatic N) is 4. The molecule has 4 fully saturated rings. The lowest BCUT2D eigenvalue weighted by Gasteiger charge is -2.57. The molecule has 0 bridgehead atoms. The Hall–Kier alpha value is -1.27. The van der Waals surface area contributed by atoms with Crippen molar-refractivity contribution in [2.45, 2.75) is 77.4 Å². The molecule has 0 spiro atoms. The molecule has 1 aromatic rings. The number of rotatable bonds is 5. The second-order valence-electron chi connectivity index (χ2n) is 12.5. The lowest BCUT2D eigenvalue weighted by Crippen LogP contribution is -2.52. The molecule has 1 N–H and O–H groups in total. The summed E-state index contributed by atoms with van der Waals surface area (Å²) in [5.74, 6) is 4.67. The van der Waals surface area contributed by atoms with Gasteiger partial charge in [-0.25, -0.2) is 0 Å². The number of carbonyl (C=O) groups is 1. The fourth-order valence-electron chi connectivity index (χ4n) is 9.10. The lowest BCUT2D eigenvalue weighted by molar-refractivity contribution is -0.134. The molecule has 5 rings (SSSR count). The molecule has 6 nitrogen and oxygen atoms in total. The topological polar surface area (TPSA) is 71.2 Å². The Bertz CT molecular complexity index is 822. The van der Waals surface area contributed by atoms with Crippen molar-refractivity contribution in [1.29, 1.82) is 0 Å². The van der Waals surface area contributed by atoms with Crippen LogP contribution in [-0.2, 0) is 11.3 Å². The SMILES string of the molecule is CN(C)C[C@@H]1C[C@H](C(=O)Cn2nccn2)[C@@]2(C)CC[C@@H]3C4CC[C@@](C)(O)CC4CC[C@H]3[C@H]12. The smallest absolute Gasteiger partial charge is 0.159 e. The zero-order chi connectivity index (χ0) is 22.7. The van der Waals surface area contributed by atoms with E-state index in [1.807, 2.05) is 6.92 Å². The third-order valence-electron chi connectivity index (χ3n) is 10.1. The Morgan fingerprint density at radius 2 is 1.78 bits per heavy atom. The normalized spacial score (nSPS) is 45.9. The first-order valence-corrected chi connectivity index (χ1v) is 12.9. The first-order valence-electron chi connectivity index (χ1n) is 12.9. The lowest BCUT2D eigenvalue weighted by atomic mass is 9.48. The highest BCUT2D eigenvalue weighted by Gasteiger charge is 2.61. The van der Waals surface area contributed by atoms with Crippen LogP contribution in [0.3, 0.4) is 0 Å². The number of fused-ring (bicyclic) bond motifs is 5. The summed E-state index contributed by atoms with van der Waals surface area (Å²) in [4.78, 5) is 17.4. The Labute approximate surface area is 193 Å². The summed E-state index contributed by atoms with van der Waals surface area (Å²) in [6.07, 6.45) is 12.5. The first-order chi connectivity index (χ1) is 15.2. The van der Waals surface area contributed by atoms with Gasteiger partial charge >= 0.3 is 0 Å². The number of aromatic nitrogens is 3. The highest BCUT2D eigenvalue weighted by molar-refractivity contribution is 5.82. The fourth-order valence-corrected chi connectivity index (χ4v) is 9.10. The summed E-state index contributed by atoms with van der Waals surface area (Å²) < 4.78 is 0. The van der Waals surface area contributed by atoms with Crippen LogP contribution in [0.15, 0.2) is 12.4 Å². The van der Waals surface area contributed by atoms with E-state index < -0.39 is 5.60 Å². The maximum Gasteiger partial charge on any atom is 0.159 e. The van der Waals surface area contributed by atoms with Crippen molar-refractivity contribution in [3.05, 3.63) is 12.4 Å². The maximum absolute atomic E-state index is 13.5. The van der Waals surface area contributed by atoms with E-state index in [1.165, 1.54) is 32.1 Å². The van der Waals surface area contributed by atoms with Gasteiger partial charge in [0.25, 0.3) is 0 Å². The number of ketones is 1. The Kier molecular flexibility index (Phi) is 5.77. The standard InChI is InChI=1S/C26H42N4O2/c1-25(32)9-7-19-17(14-25)5-6-21-20(19)8-10-26(2)22(13-18(24(21)26)15-29(3)4)23(31)16-30-27-11-12-28-30/h11-12,17-22,24,32H,5-10,13-16H2,1-4H3/t17?,18-,19?,20+,21+,22+,24-,25+,26+/m0/s1. The van der Waals surface area contributed by atoms with Gasteiger partial charge < -0.3 is 10.0 Å². The van der Waals surface area contributed by atoms with Gasteiger partial charge in [0.05, 0.1) is 18.0 Å². The van der Waals surface area contributed by atoms with Gasteiger partial charge in [-0.15, -0.1) is 0 Å². The minimum atomic E-state index is -0.462. The Morgan fingerprint density at radius 1 is 1.06 bits per heavy atom. The van der Waals surface area contributed by atoms with E-state index in [1.54, 1.807) is 17.2 Å². The van der Waals surface area contributed by atoms with Gasteiger partial charge in [0.2, 0.25) is 0 Å². The van der Waals surface area contributed by atoms with E-state index in [-0.39, 0.29) is 11.3 Å². The van der Waals surface area contributed by atoms with Crippen molar-refractivity contribution in [3.8, 4) is 0 Å². The number of aliphatic hydroxyl groups is 1. The van der Waals surface area contributed by atoms with Gasteiger partial charge in [0.1, 0.15) is 6.54 Å². The molecule has 0 aromatic carbocycles. The van der Waals surface area contributed by atoms with Crippen molar-refractivity contribution in [3.63, 3.8) is 0 Å². The molecule has 0 aliphatic heterocycles. The van der Waals surface area contributed by atoms with E-state index in [2.05, 4.69) is 36.1 Å². The van der Waals surface area contributed by atoms with Gasteiger partial charge in [-0.05, 0) is 113 Å². The molecule has 9 atom stereocenters. The van der Waals surface area contributed by atoms with Gasteiger partial charge in [-0.2, -0.15) is 15.0 Å². The van der Waals surface area contributed by atoms with Crippen LogP contribution < -0.4 is 0 Å². The average Bonchev–Trinajstić information content (AvgIpc) is 3.32. The van der Waals surface area contributed by atoms with E-state index >= 15 is 0 Å². The summed E-state index contributed by atoms with van der Waals surface area (Å²) in [5, 5.41) is 19.1. The number of carbonyl (C=O) groups excluding carboxylic acids is 1. The van der Waals surface area contributed by atoms with Gasteiger partial charge in [0.15, 0.2) is 5.78 Å². The van der Waals surface area contributed by atoms with Crippen LogP contribution in [0.2, 0.25) is 0 Å². The van der Waals surface area contributed by atoms with E-state index in [9.17, 15) is 9.90 Å². The van der Waals surface area contributed by atoms with Crippen LogP contribution >= 0.6 is 0 Å². The molecule has 4 aliphatic rings. The quantitative estimate of drug-likeness (QED) is 0.754.